The third-order valence-corrected chi connectivity index (χ3v) is 5.29. The van der Waals surface area contributed by atoms with Crippen LogP contribution < -0.4 is 10.6 Å². The predicted molar refractivity (Wildman–Crippen MR) is 115 cm³/mol. The van der Waals surface area contributed by atoms with Gasteiger partial charge in [-0.25, -0.2) is 4.98 Å². The zero-order chi connectivity index (χ0) is 19.3. The van der Waals surface area contributed by atoms with Gasteiger partial charge in [-0.05, 0) is 49.6 Å². The van der Waals surface area contributed by atoms with E-state index in [0.29, 0.717) is 12.6 Å². The summed E-state index contributed by atoms with van der Waals surface area (Å²) in [5.41, 5.74) is 3.12. The number of fused-ring (bicyclic) bond motifs is 1. The average Bonchev–Trinajstić information content (AvgIpc) is 2.70. The lowest BCUT2D eigenvalue weighted by Crippen LogP contribution is -2.42. The third kappa shape index (κ3) is 4.49. The first-order chi connectivity index (χ1) is 13.7. The molecule has 1 aromatic heterocycles. The lowest BCUT2D eigenvalue weighted by atomic mass is 10.0. The van der Waals surface area contributed by atoms with Crippen LogP contribution in [0, 0.1) is 6.92 Å². The SMILES string of the molecule is Cc1cc(NC2CCN(CC(=O)Nc3ccccc3)CC2)nc2ccccc12. The number of hydrogen-bond acceptors (Lipinski definition) is 4. The normalized spacial score (nSPS) is 15.5. The van der Waals surface area contributed by atoms with Gasteiger partial charge in [-0.15, -0.1) is 0 Å². The Morgan fingerprint density at radius 1 is 1.07 bits per heavy atom. The predicted octanol–water partition coefficient (Wildman–Crippen LogP) is 4.06. The second-order valence-electron chi connectivity index (χ2n) is 7.45. The smallest absolute Gasteiger partial charge is 0.238 e. The highest BCUT2D eigenvalue weighted by molar-refractivity contribution is 5.92. The van der Waals surface area contributed by atoms with Gasteiger partial charge >= 0.3 is 0 Å². The van der Waals surface area contributed by atoms with E-state index in [1.807, 2.05) is 42.5 Å². The molecule has 0 saturated carbocycles. The number of anilines is 2. The molecule has 2 N–H and O–H groups in total. The van der Waals surface area contributed by atoms with Crippen molar-refractivity contribution >= 4 is 28.3 Å². The number of hydrogen-bond donors (Lipinski definition) is 2. The van der Waals surface area contributed by atoms with E-state index in [9.17, 15) is 4.79 Å². The van der Waals surface area contributed by atoms with Crippen LogP contribution in [-0.4, -0.2) is 41.5 Å². The van der Waals surface area contributed by atoms with Gasteiger partial charge in [0, 0.05) is 30.2 Å². The first-order valence-corrected chi connectivity index (χ1v) is 9.87. The van der Waals surface area contributed by atoms with Crippen LogP contribution in [0.2, 0.25) is 0 Å². The van der Waals surface area contributed by atoms with Crippen molar-refractivity contribution in [2.45, 2.75) is 25.8 Å². The Hall–Kier alpha value is -2.92. The topological polar surface area (TPSA) is 57.3 Å². The number of benzene rings is 2. The highest BCUT2D eigenvalue weighted by Crippen LogP contribution is 2.22. The number of pyridine rings is 1. The van der Waals surface area contributed by atoms with Crippen molar-refractivity contribution in [2.75, 3.05) is 30.3 Å². The minimum absolute atomic E-state index is 0.0458. The van der Waals surface area contributed by atoms with Crippen LogP contribution in [0.3, 0.4) is 0 Å². The van der Waals surface area contributed by atoms with E-state index >= 15 is 0 Å². The van der Waals surface area contributed by atoms with E-state index < -0.39 is 0 Å². The molecule has 28 heavy (non-hydrogen) atoms. The van der Waals surface area contributed by atoms with Crippen molar-refractivity contribution in [3.8, 4) is 0 Å². The fourth-order valence-corrected chi connectivity index (χ4v) is 3.79. The highest BCUT2D eigenvalue weighted by Gasteiger charge is 2.21. The summed E-state index contributed by atoms with van der Waals surface area (Å²) in [7, 11) is 0. The molecule has 0 aliphatic carbocycles. The fraction of sp³-hybridized carbons (Fsp3) is 0.304. The van der Waals surface area contributed by atoms with E-state index in [1.54, 1.807) is 0 Å². The van der Waals surface area contributed by atoms with Crippen molar-refractivity contribution in [1.82, 2.24) is 9.88 Å². The molecule has 0 unspecified atom stereocenters. The minimum atomic E-state index is 0.0458. The second-order valence-corrected chi connectivity index (χ2v) is 7.45. The molecule has 0 atom stereocenters. The number of piperidine rings is 1. The Morgan fingerprint density at radius 2 is 1.79 bits per heavy atom. The summed E-state index contributed by atoms with van der Waals surface area (Å²) in [5.74, 6) is 0.987. The van der Waals surface area contributed by atoms with Crippen molar-refractivity contribution in [3.63, 3.8) is 0 Å². The van der Waals surface area contributed by atoms with Gasteiger partial charge in [-0.2, -0.15) is 0 Å². The molecule has 144 valence electrons. The maximum atomic E-state index is 12.2. The lowest BCUT2D eigenvalue weighted by molar-refractivity contribution is -0.117. The summed E-state index contributed by atoms with van der Waals surface area (Å²) < 4.78 is 0. The second kappa shape index (κ2) is 8.40. The Bertz CT molecular complexity index is 949. The zero-order valence-corrected chi connectivity index (χ0v) is 16.2. The van der Waals surface area contributed by atoms with Crippen LogP contribution in [0.25, 0.3) is 10.9 Å². The number of nitrogens with one attached hydrogen (secondary N) is 2. The quantitative estimate of drug-likeness (QED) is 0.707. The van der Waals surface area contributed by atoms with Gasteiger partial charge in [0.15, 0.2) is 0 Å². The van der Waals surface area contributed by atoms with Crippen LogP contribution in [0.5, 0.6) is 0 Å². The summed E-state index contributed by atoms with van der Waals surface area (Å²) in [6.45, 7) is 4.39. The molecule has 5 nitrogen and oxygen atoms in total. The molecule has 0 spiro atoms. The van der Waals surface area contributed by atoms with Gasteiger partial charge in [0.25, 0.3) is 0 Å². The molecule has 1 amide bonds. The summed E-state index contributed by atoms with van der Waals surface area (Å²) in [6, 6.07) is 20.4. The number of carbonyl (C=O) groups excluding carboxylic acids is 1. The molecule has 4 rings (SSSR count). The van der Waals surface area contributed by atoms with Crippen molar-refractivity contribution < 1.29 is 4.79 Å². The first-order valence-electron chi connectivity index (χ1n) is 9.87. The number of para-hydroxylation sites is 2. The van der Waals surface area contributed by atoms with Gasteiger partial charge in [0.2, 0.25) is 5.91 Å². The number of nitrogens with zero attached hydrogens (tertiary/aromatic N) is 2. The van der Waals surface area contributed by atoms with Crippen LogP contribution >= 0.6 is 0 Å². The Kier molecular flexibility index (Phi) is 5.53. The largest absolute Gasteiger partial charge is 0.367 e. The monoisotopic (exact) mass is 374 g/mol. The standard InChI is InChI=1S/C23H26N4O/c1-17-15-22(26-21-10-6-5-9-20(17)21)24-19-11-13-27(14-12-19)16-23(28)25-18-7-3-2-4-8-18/h2-10,15,19H,11-14,16H2,1H3,(H,24,26)(H,25,28). The van der Waals surface area contributed by atoms with Gasteiger partial charge < -0.3 is 10.6 Å². The van der Waals surface area contributed by atoms with Crippen LogP contribution in [0.1, 0.15) is 18.4 Å². The number of carbonyl (C=O) groups is 1. The van der Waals surface area contributed by atoms with E-state index in [1.165, 1.54) is 10.9 Å². The van der Waals surface area contributed by atoms with Gasteiger partial charge in [0.1, 0.15) is 5.82 Å². The molecule has 0 radical (unpaired) electrons. The van der Waals surface area contributed by atoms with E-state index in [4.69, 9.17) is 4.98 Å². The van der Waals surface area contributed by atoms with E-state index in [-0.39, 0.29) is 5.91 Å². The summed E-state index contributed by atoms with van der Waals surface area (Å²) in [6.07, 6.45) is 2.01. The average molecular weight is 374 g/mol. The van der Waals surface area contributed by atoms with Crippen molar-refractivity contribution in [2.24, 2.45) is 0 Å². The van der Waals surface area contributed by atoms with E-state index in [0.717, 1.165) is 43.0 Å². The van der Waals surface area contributed by atoms with Crippen molar-refractivity contribution in [1.29, 1.82) is 0 Å². The molecule has 5 heteroatoms. The molecule has 1 fully saturated rings. The van der Waals surface area contributed by atoms with Gasteiger partial charge in [-0.1, -0.05) is 36.4 Å². The molecule has 2 heterocycles. The highest BCUT2D eigenvalue weighted by atomic mass is 16.2. The summed E-state index contributed by atoms with van der Waals surface area (Å²) in [5, 5.41) is 7.75. The fourth-order valence-electron chi connectivity index (χ4n) is 3.79. The first kappa shape index (κ1) is 18.4. The minimum Gasteiger partial charge on any atom is -0.367 e. The number of likely N-dealkylation sites (tertiary alicyclic amines) is 1. The van der Waals surface area contributed by atoms with Crippen molar-refractivity contribution in [3.05, 3.63) is 66.2 Å². The van der Waals surface area contributed by atoms with Gasteiger partial charge in [0.05, 0.1) is 12.1 Å². The summed E-state index contributed by atoms with van der Waals surface area (Å²) in [4.78, 5) is 19.2. The maximum Gasteiger partial charge on any atom is 0.238 e. The Balaban J connectivity index is 1.29. The zero-order valence-electron chi connectivity index (χ0n) is 16.2. The molecule has 2 aromatic carbocycles. The van der Waals surface area contributed by atoms with Crippen LogP contribution in [0.4, 0.5) is 11.5 Å². The number of aromatic nitrogens is 1. The maximum absolute atomic E-state index is 12.2. The number of aryl methyl sites for hydroxylation is 1. The molecular formula is C23H26N4O. The lowest BCUT2D eigenvalue weighted by Gasteiger charge is -2.32. The Morgan fingerprint density at radius 3 is 2.57 bits per heavy atom. The molecule has 3 aromatic rings. The Labute approximate surface area is 165 Å². The molecule has 0 bridgehead atoms. The number of rotatable bonds is 5. The summed E-state index contributed by atoms with van der Waals surface area (Å²) >= 11 is 0. The van der Waals surface area contributed by atoms with Crippen LogP contribution in [0.15, 0.2) is 60.7 Å². The van der Waals surface area contributed by atoms with E-state index in [2.05, 4.69) is 40.7 Å². The van der Waals surface area contributed by atoms with Gasteiger partial charge in [-0.3, -0.25) is 9.69 Å². The number of amides is 1. The molecular weight excluding hydrogens is 348 g/mol. The van der Waals surface area contributed by atoms with Crippen LogP contribution in [-0.2, 0) is 4.79 Å². The molecule has 1 aliphatic heterocycles. The third-order valence-electron chi connectivity index (χ3n) is 5.29. The molecule has 1 aliphatic rings. The molecule has 1 saturated heterocycles.